The first kappa shape index (κ1) is 17.0. The normalized spacial score (nSPS) is 15.2. The minimum Gasteiger partial charge on any atom is -0.336 e. The molecule has 0 aromatic heterocycles. The maximum Gasteiger partial charge on any atom is 0.305 e. The molecule has 0 radical (unpaired) electrons. The van der Waals surface area contributed by atoms with Crippen molar-refractivity contribution in [1.82, 2.24) is 9.80 Å². The van der Waals surface area contributed by atoms with Crippen LogP contribution < -0.4 is 0 Å². The molecule has 25 heavy (non-hydrogen) atoms. The summed E-state index contributed by atoms with van der Waals surface area (Å²) >= 11 is 0. The molecule has 130 valence electrons. The summed E-state index contributed by atoms with van der Waals surface area (Å²) < 4.78 is 13.4. The number of nitro groups is 1. The van der Waals surface area contributed by atoms with E-state index in [1.807, 2.05) is 11.9 Å². The van der Waals surface area contributed by atoms with Crippen molar-refractivity contribution in [2.45, 2.75) is 0 Å². The molecule has 1 fully saturated rings. The van der Waals surface area contributed by atoms with E-state index in [-0.39, 0.29) is 5.91 Å². The van der Waals surface area contributed by atoms with E-state index in [4.69, 9.17) is 0 Å². The van der Waals surface area contributed by atoms with Gasteiger partial charge < -0.3 is 9.80 Å². The number of hydrogen-bond donors (Lipinski definition) is 0. The Labute approximate surface area is 144 Å². The van der Waals surface area contributed by atoms with Gasteiger partial charge in [0.1, 0.15) is 0 Å². The molecule has 1 heterocycles. The van der Waals surface area contributed by atoms with Gasteiger partial charge in [-0.1, -0.05) is 18.2 Å². The molecule has 0 N–H and O–H groups in total. The summed E-state index contributed by atoms with van der Waals surface area (Å²) in [6, 6.07) is 10.6. The Morgan fingerprint density at radius 2 is 1.64 bits per heavy atom. The predicted octanol–water partition coefficient (Wildman–Crippen LogP) is 2.79. The van der Waals surface area contributed by atoms with Gasteiger partial charge in [-0.3, -0.25) is 14.9 Å². The van der Waals surface area contributed by atoms with Gasteiger partial charge in [0, 0.05) is 37.8 Å². The lowest BCUT2D eigenvalue weighted by Gasteiger charge is -2.32. The maximum absolute atomic E-state index is 13.4. The molecule has 0 unspecified atom stereocenters. The Morgan fingerprint density at radius 3 is 2.24 bits per heavy atom. The lowest BCUT2D eigenvalue weighted by Crippen LogP contribution is -2.47. The maximum atomic E-state index is 13.4. The second kappa shape index (κ2) is 6.98. The number of carbonyl (C=O) groups is 1. The van der Waals surface area contributed by atoms with Crippen LogP contribution in [0.25, 0.3) is 11.1 Å². The average Bonchev–Trinajstić information content (AvgIpc) is 2.62. The van der Waals surface area contributed by atoms with E-state index in [9.17, 15) is 19.3 Å². The Hall–Kier alpha value is -2.80. The number of nitro benzene ring substituents is 1. The standard InChI is InChI=1S/C18H18FN3O3/c1-20-8-10-21(11-9-20)18(23)14-4-2-13(3-5-14)15-6-7-16(19)17(12-15)22(24)25/h2-7,12H,8-11H2,1H3. The predicted molar refractivity (Wildman–Crippen MR) is 91.9 cm³/mol. The molecular weight excluding hydrogens is 325 g/mol. The van der Waals surface area contributed by atoms with Crippen LogP contribution in [0.4, 0.5) is 10.1 Å². The Bertz CT molecular complexity index is 800. The highest BCUT2D eigenvalue weighted by molar-refractivity contribution is 5.94. The van der Waals surface area contributed by atoms with Gasteiger partial charge in [-0.05, 0) is 36.4 Å². The van der Waals surface area contributed by atoms with Gasteiger partial charge in [-0.25, -0.2) is 0 Å². The fourth-order valence-electron chi connectivity index (χ4n) is 2.83. The van der Waals surface area contributed by atoms with Crippen LogP contribution in [-0.4, -0.2) is 53.9 Å². The van der Waals surface area contributed by atoms with Crippen molar-refractivity contribution >= 4 is 11.6 Å². The number of rotatable bonds is 3. The monoisotopic (exact) mass is 343 g/mol. The third-order valence-electron chi connectivity index (χ3n) is 4.40. The van der Waals surface area contributed by atoms with Crippen LogP contribution in [0.5, 0.6) is 0 Å². The summed E-state index contributed by atoms with van der Waals surface area (Å²) in [4.78, 5) is 26.6. The van der Waals surface area contributed by atoms with Crippen molar-refractivity contribution in [3.8, 4) is 11.1 Å². The first-order valence-corrected chi connectivity index (χ1v) is 7.98. The van der Waals surface area contributed by atoms with E-state index in [0.717, 1.165) is 19.2 Å². The molecule has 0 spiro atoms. The second-order valence-electron chi connectivity index (χ2n) is 6.10. The number of benzene rings is 2. The van der Waals surface area contributed by atoms with Crippen LogP contribution in [0, 0.1) is 15.9 Å². The van der Waals surface area contributed by atoms with Gasteiger partial charge in [0.25, 0.3) is 5.91 Å². The van der Waals surface area contributed by atoms with Crippen molar-refractivity contribution in [2.75, 3.05) is 33.2 Å². The van der Waals surface area contributed by atoms with Crippen LogP contribution in [0.15, 0.2) is 42.5 Å². The summed E-state index contributed by atoms with van der Waals surface area (Å²) in [5.74, 6) is -0.889. The first-order valence-electron chi connectivity index (χ1n) is 7.98. The van der Waals surface area contributed by atoms with Gasteiger partial charge in [-0.2, -0.15) is 4.39 Å². The number of amides is 1. The molecule has 7 heteroatoms. The van der Waals surface area contributed by atoms with Crippen LogP contribution in [0.2, 0.25) is 0 Å². The minimum absolute atomic E-state index is 0.0234. The minimum atomic E-state index is -0.865. The van der Waals surface area contributed by atoms with Crippen LogP contribution >= 0.6 is 0 Å². The average molecular weight is 343 g/mol. The number of hydrogen-bond acceptors (Lipinski definition) is 4. The molecule has 2 aromatic rings. The van der Waals surface area contributed by atoms with E-state index >= 15 is 0 Å². The van der Waals surface area contributed by atoms with E-state index in [0.29, 0.717) is 29.8 Å². The quantitative estimate of drug-likeness (QED) is 0.635. The van der Waals surface area contributed by atoms with Gasteiger partial charge in [0.05, 0.1) is 4.92 Å². The van der Waals surface area contributed by atoms with Crippen molar-refractivity contribution in [2.24, 2.45) is 0 Å². The fraction of sp³-hybridized carbons (Fsp3) is 0.278. The molecule has 6 nitrogen and oxygen atoms in total. The Morgan fingerprint density at radius 1 is 1.04 bits per heavy atom. The molecule has 1 aliphatic heterocycles. The van der Waals surface area contributed by atoms with Gasteiger partial charge in [0.15, 0.2) is 0 Å². The number of nitrogens with zero attached hydrogens (tertiary/aromatic N) is 3. The van der Waals surface area contributed by atoms with Crippen molar-refractivity contribution in [3.63, 3.8) is 0 Å². The third-order valence-corrected chi connectivity index (χ3v) is 4.40. The fourth-order valence-corrected chi connectivity index (χ4v) is 2.83. The molecule has 1 aliphatic rings. The number of piperazine rings is 1. The number of carbonyl (C=O) groups excluding carboxylic acids is 1. The van der Waals surface area contributed by atoms with Crippen molar-refractivity contribution in [3.05, 3.63) is 64.0 Å². The summed E-state index contributed by atoms with van der Waals surface area (Å²) in [7, 11) is 2.03. The van der Waals surface area contributed by atoms with E-state index in [2.05, 4.69) is 4.90 Å². The molecule has 1 amide bonds. The third kappa shape index (κ3) is 3.66. The highest BCUT2D eigenvalue weighted by Gasteiger charge is 2.20. The van der Waals surface area contributed by atoms with E-state index in [1.54, 1.807) is 24.3 Å². The second-order valence-corrected chi connectivity index (χ2v) is 6.10. The molecule has 0 aliphatic carbocycles. The number of halogens is 1. The van der Waals surface area contributed by atoms with Crippen LogP contribution in [0.3, 0.4) is 0 Å². The molecule has 3 rings (SSSR count). The summed E-state index contributed by atoms with van der Waals surface area (Å²) in [6.45, 7) is 3.09. The highest BCUT2D eigenvalue weighted by atomic mass is 19.1. The summed E-state index contributed by atoms with van der Waals surface area (Å²) in [6.07, 6.45) is 0. The van der Waals surface area contributed by atoms with E-state index in [1.165, 1.54) is 12.1 Å². The molecule has 0 saturated carbocycles. The summed E-state index contributed by atoms with van der Waals surface area (Å²) in [5.41, 5.74) is 1.24. The van der Waals surface area contributed by atoms with Gasteiger partial charge >= 0.3 is 5.69 Å². The van der Waals surface area contributed by atoms with Crippen molar-refractivity contribution in [1.29, 1.82) is 0 Å². The van der Waals surface area contributed by atoms with Crippen LogP contribution in [0.1, 0.15) is 10.4 Å². The Kier molecular flexibility index (Phi) is 4.76. The van der Waals surface area contributed by atoms with Gasteiger partial charge in [0.2, 0.25) is 5.82 Å². The zero-order chi connectivity index (χ0) is 18.0. The molecule has 0 bridgehead atoms. The molecular formula is C18H18FN3O3. The van der Waals surface area contributed by atoms with Crippen LogP contribution in [-0.2, 0) is 0 Å². The zero-order valence-corrected chi connectivity index (χ0v) is 13.8. The SMILES string of the molecule is CN1CCN(C(=O)c2ccc(-c3ccc(F)c([N+](=O)[O-])c3)cc2)CC1. The van der Waals surface area contributed by atoms with Gasteiger partial charge in [-0.15, -0.1) is 0 Å². The first-order chi connectivity index (χ1) is 12.0. The van der Waals surface area contributed by atoms with E-state index < -0.39 is 16.4 Å². The van der Waals surface area contributed by atoms with Crippen molar-refractivity contribution < 1.29 is 14.1 Å². The molecule has 1 saturated heterocycles. The molecule has 0 atom stereocenters. The highest BCUT2D eigenvalue weighted by Crippen LogP contribution is 2.26. The smallest absolute Gasteiger partial charge is 0.305 e. The zero-order valence-electron chi connectivity index (χ0n) is 13.8. The summed E-state index contributed by atoms with van der Waals surface area (Å²) in [5, 5.41) is 10.9. The lowest BCUT2D eigenvalue weighted by atomic mass is 10.0. The Balaban J connectivity index is 1.79. The largest absolute Gasteiger partial charge is 0.336 e. The molecule has 2 aromatic carbocycles. The number of likely N-dealkylation sites (N-methyl/N-ethyl adjacent to an activating group) is 1. The topological polar surface area (TPSA) is 66.7 Å². The lowest BCUT2D eigenvalue weighted by molar-refractivity contribution is -0.387.